The van der Waals surface area contributed by atoms with Gasteiger partial charge in [0.15, 0.2) is 0 Å². The Balaban J connectivity index is 0.000000199. The van der Waals surface area contributed by atoms with E-state index in [1.807, 2.05) is 36.4 Å². The zero-order chi connectivity index (χ0) is 20.0. The molecule has 0 aromatic heterocycles. The molecule has 27 heavy (non-hydrogen) atoms. The highest BCUT2D eigenvalue weighted by molar-refractivity contribution is 6.55. The standard InChI is InChI=1S/C13H10O2.C9H12Cl2O/c14-10-11-5-4-8-13(9-11)15-12-6-2-1-3-7-12;1-5(12)8-6(4-7(10)11)9(8,2)3/h1-10H;4,6,8H,1-3H3. The van der Waals surface area contributed by atoms with Crippen LogP contribution in [-0.2, 0) is 4.79 Å². The first-order chi connectivity index (χ1) is 12.8. The van der Waals surface area contributed by atoms with E-state index in [2.05, 4.69) is 13.8 Å². The largest absolute Gasteiger partial charge is 0.457 e. The van der Waals surface area contributed by atoms with Crippen LogP contribution >= 0.6 is 23.2 Å². The molecular formula is C22H22Cl2O3. The zero-order valence-corrected chi connectivity index (χ0v) is 17.0. The van der Waals surface area contributed by atoms with Gasteiger partial charge in [-0.15, -0.1) is 0 Å². The number of hydrogen-bond acceptors (Lipinski definition) is 3. The highest BCUT2D eigenvalue weighted by Gasteiger charge is 2.58. The van der Waals surface area contributed by atoms with Crippen LogP contribution in [0, 0.1) is 17.3 Å². The number of rotatable bonds is 5. The number of carbonyl (C=O) groups excluding carboxylic acids is 2. The first-order valence-electron chi connectivity index (χ1n) is 8.57. The average molecular weight is 405 g/mol. The number of hydrogen-bond donors (Lipinski definition) is 0. The molecule has 2 atom stereocenters. The second kappa shape index (κ2) is 9.20. The molecule has 3 rings (SSSR count). The Morgan fingerprint density at radius 1 is 1.04 bits per heavy atom. The molecule has 2 aromatic carbocycles. The first-order valence-corrected chi connectivity index (χ1v) is 9.32. The normalized spacial score (nSPS) is 19.1. The Morgan fingerprint density at radius 3 is 2.19 bits per heavy atom. The summed E-state index contributed by atoms with van der Waals surface area (Å²) in [6, 6.07) is 16.5. The molecule has 0 saturated heterocycles. The van der Waals surface area contributed by atoms with Crippen LogP contribution in [0.15, 0.2) is 65.2 Å². The van der Waals surface area contributed by atoms with E-state index in [0.29, 0.717) is 11.3 Å². The summed E-state index contributed by atoms with van der Waals surface area (Å²) in [7, 11) is 0. The molecule has 0 amide bonds. The van der Waals surface area contributed by atoms with Crippen LogP contribution < -0.4 is 4.74 Å². The van der Waals surface area contributed by atoms with Crippen LogP contribution in [0.1, 0.15) is 31.1 Å². The lowest BCUT2D eigenvalue weighted by Crippen LogP contribution is -1.99. The van der Waals surface area contributed by atoms with Crippen molar-refractivity contribution in [2.24, 2.45) is 17.3 Å². The van der Waals surface area contributed by atoms with Crippen molar-refractivity contribution in [3.05, 3.63) is 70.7 Å². The molecule has 0 spiro atoms. The van der Waals surface area contributed by atoms with Crippen LogP contribution in [0.2, 0.25) is 0 Å². The van der Waals surface area contributed by atoms with Crippen molar-refractivity contribution in [3.8, 4) is 11.5 Å². The molecule has 2 unspecified atom stereocenters. The average Bonchev–Trinajstić information content (AvgIpc) is 3.16. The zero-order valence-electron chi connectivity index (χ0n) is 15.5. The number of allylic oxidation sites excluding steroid dienone is 1. The number of halogens is 2. The van der Waals surface area contributed by atoms with Crippen molar-refractivity contribution < 1.29 is 14.3 Å². The van der Waals surface area contributed by atoms with Crippen LogP contribution in [0.5, 0.6) is 11.5 Å². The van der Waals surface area contributed by atoms with E-state index >= 15 is 0 Å². The first kappa shape index (κ1) is 21.2. The van der Waals surface area contributed by atoms with E-state index in [4.69, 9.17) is 27.9 Å². The number of ketones is 1. The predicted octanol–water partition coefficient (Wildman–Crippen LogP) is 6.46. The van der Waals surface area contributed by atoms with Crippen molar-refractivity contribution in [1.82, 2.24) is 0 Å². The van der Waals surface area contributed by atoms with E-state index in [-0.39, 0.29) is 27.5 Å². The summed E-state index contributed by atoms with van der Waals surface area (Å²) in [6.45, 7) is 5.72. The van der Waals surface area contributed by atoms with Crippen molar-refractivity contribution in [1.29, 1.82) is 0 Å². The topological polar surface area (TPSA) is 43.4 Å². The van der Waals surface area contributed by atoms with Gasteiger partial charge in [-0.2, -0.15) is 0 Å². The summed E-state index contributed by atoms with van der Waals surface area (Å²) in [5, 5.41) is 0. The predicted molar refractivity (Wildman–Crippen MR) is 110 cm³/mol. The molecule has 1 aliphatic carbocycles. The van der Waals surface area contributed by atoms with E-state index < -0.39 is 0 Å². The number of carbonyl (C=O) groups is 2. The minimum absolute atomic E-state index is 0.0425. The number of benzene rings is 2. The minimum atomic E-state index is 0.0425. The quantitative estimate of drug-likeness (QED) is 0.537. The molecule has 0 radical (unpaired) electrons. The molecule has 1 fully saturated rings. The summed E-state index contributed by atoms with van der Waals surface area (Å²) in [5.41, 5.74) is 0.657. The fraction of sp³-hybridized carbons (Fsp3) is 0.273. The van der Waals surface area contributed by atoms with Gasteiger partial charge < -0.3 is 4.74 Å². The van der Waals surface area contributed by atoms with Crippen molar-refractivity contribution in [2.45, 2.75) is 20.8 Å². The third kappa shape index (κ3) is 5.95. The molecule has 142 valence electrons. The lowest BCUT2D eigenvalue weighted by Gasteiger charge is -2.04. The second-order valence-corrected chi connectivity index (χ2v) is 8.01. The Morgan fingerprint density at radius 2 is 1.67 bits per heavy atom. The number of aldehydes is 1. The highest BCUT2D eigenvalue weighted by atomic mass is 35.5. The summed E-state index contributed by atoms with van der Waals surface area (Å²) < 4.78 is 5.82. The molecule has 0 aliphatic heterocycles. The number of ether oxygens (including phenoxy) is 1. The third-order valence-electron chi connectivity index (χ3n) is 4.63. The number of para-hydroxylation sites is 1. The Hall–Kier alpha value is -2.10. The summed E-state index contributed by atoms with van der Waals surface area (Å²) >= 11 is 11.1. The molecule has 1 aliphatic rings. The lowest BCUT2D eigenvalue weighted by atomic mass is 10.1. The van der Waals surface area contributed by atoms with Crippen LogP contribution in [0.3, 0.4) is 0 Å². The summed E-state index contributed by atoms with van der Waals surface area (Å²) in [4.78, 5) is 21.7. The highest BCUT2D eigenvalue weighted by Crippen LogP contribution is 2.59. The molecule has 0 bridgehead atoms. The second-order valence-electron chi connectivity index (χ2n) is 7.00. The maximum Gasteiger partial charge on any atom is 0.150 e. The van der Waals surface area contributed by atoms with Gasteiger partial charge >= 0.3 is 0 Å². The van der Waals surface area contributed by atoms with Crippen molar-refractivity contribution >= 4 is 35.3 Å². The lowest BCUT2D eigenvalue weighted by molar-refractivity contribution is -0.118. The van der Waals surface area contributed by atoms with Crippen LogP contribution in [-0.4, -0.2) is 12.1 Å². The van der Waals surface area contributed by atoms with Gasteiger partial charge in [0.2, 0.25) is 0 Å². The van der Waals surface area contributed by atoms with Gasteiger partial charge in [-0.05, 0) is 48.6 Å². The van der Waals surface area contributed by atoms with E-state index in [9.17, 15) is 9.59 Å². The van der Waals surface area contributed by atoms with E-state index in [1.54, 1.807) is 31.2 Å². The van der Waals surface area contributed by atoms with E-state index in [0.717, 1.165) is 12.0 Å². The molecule has 3 nitrogen and oxygen atoms in total. The molecule has 0 heterocycles. The Labute approximate surface area is 169 Å². The fourth-order valence-corrected chi connectivity index (χ4v) is 3.45. The van der Waals surface area contributed by atoms with Gasteiger partial charge in [-0.25, -0.2) is 0 Å². The van der Waals surface area contributed by atoms with E-state index in [1.165, 1.54) is 0 Å². The number of Topliss-reactive ketones (excluding diaryl/α,β-unsaturated/α-hetero) is 1. The van der Waals surface area contributed by atoms with Crippen LogP contribution in [0.25, 0.3) is 0 Å². The SMILES string of the molecule is CC(=O)C1C(C=C(Cl)Cl)C1(C)C.O=Cc1cccc(Oc2ccccc2)c1. The van der Waals surface area contributed by atoms with Gasteiger partial charge in [-0.3, -0.25) is 9.59 Å². The Bertz CT molecular complexity index is 824. The molecule has 0 N–H and O–H groups in total. The fourth-order valence-electron chi connectivity index (χ4n) is 3.18. The van der Waals surface area contributed by atoms with Crippen molar-refractivity contribution in [3.63, 3.8) is 0 Å². The summed E-state index contributed by atoms with van der Waals surface area (Å²) in [5.74, 6) is 1.98. The maximum atomic E-state index is 11.1. The molecule has 2 aromatic rings. The summed E-state index contributed by atoms with van der Waals surface area (Å²) in [6.07, 6.45) is 2.56. The molecule has 1 saturated carbocycles. The Kier molecular flexibility index (Phi) is 7.23. The minimum Gasteiger partial charge on any atom is -0.457 e. The van der Waals surface area contributed by atoms with Crippen LogP contribution in [0.4, 0.5) is 0 Å². The van der Waals surface area contributed by atoms with Gasteiger partial charge in [0.25, 0.3) is 0 Å². The van der Waals surface area contributed by atoms with Gasteiger partial charge in [0, 0.05) is 11.5 Å². The van der Waals surface area contributed by atoms with Gasteiger partial charge in [0.1, 0.15) is 28.1 Å². The van der Waals surface area contributed by atoms with Gasteiger partial charge in [0.05, 0.1) is 0 Å². The van der Waals surface area contributed by atoms with Gasteiger partial charge in [-0.1, -0.05) is 67.4 Å². The maximum absolute atomic E-state index is 11.1. The third-order valence-corrected chi connectivity index (χ3v) is 4.88. The van der Waals surface area contributed by atoms with Crippen molar-refractivity contribution in [2.75, 3.05) is 0 Å². The smallest absolute Gasteiger partial charge is 0.150 e. The molecular weight excluding hydrogens is 383 g/mol. The molecule has 5 heteroatoms. The monoisotopic (exact) mass is 404 g/mol.